The molecule has 1 aromatic carbocycles. The Kier molecular flexibility index (Phi) is 9.54. The predicted molar refractivity (Wildman–Crippen MR) is 138 cm³/mol. The van der Waals surface area contributed by atoms with E-state index in [-0.39, 0.29) is 29.8 Å². The van der Waals surface area contributed by atoms with Crippen molar-refractivity contribution in [1.82, 2.24) is 10.2 Å². The monoisotopic (exact) mass is 508 g/mol. The lowest BCUT2D eigenvalue weighted by Crippen LogP contribution is -2.46. The van der Waals surface area contributed by atoms with Crippen LogP contribution in [-0.4, -0.2) is 74.8 Å². The second-order valence-corrected chi connectivity index (χ2v) is 9.64. The number of nitrogens with one attached hydrogen (secondary N) is 1. The zero-order chi connectivity index (χ0) is 24.8. The Morgan fingerprint density at radius 2 is 1.97 bits per heavy atom. The molecule has 0 radical (unpaired) electrons. The third kappa shape index (κ3) is 6.39. The molecule has 0 bridgehead atoms. The molecule has 186 valence electrons. The highest BCUT2D eigenvalue weighted by Crippen LogP contribution is 2.32. The van der Waals surface area contributed by atoms with Gasteiger partial charge in [-0.1, -0.05) is 23.2 Å². The first-order chi connectivity index (χ1) is 16.2. The standard InChI is InChI=1S/C25H34Cl2N4O3/c1-5-31(19-6-8-30(9-7-19)10-11-34-4)22-14-18(26)13-20(17(22)3)25(33)28-15-21-23(32)12-16(2)29-24(21)27/h13-14,19H,5-12,15H2,1-4H3,(H,28,33). The van der Waals surface area contributed by atoms with Gasteiger partial charge in [0, 0.05) is 74.3 Å². The van der Waals surface area contributed by atoms with E-state index in [4.69, 9.17) is 27.9 Å². The smallest absolute Gasteiger partial charge is 0.251 e. The number of anilines is 1. The first kappa shape index (κ1) is 26.7. The number of Topliss-reactive ketones (excluding diaryl/α,β-unsaturated/α-hetero) is 1. The van der Waals surface area contributed by atoms with Crippen molar-refractivity contribution in [3.63, 3.8) is 0 Å². The van der Waals surface area contributed by atoms with Gasteiger partial charge in [0.25, 0.3) is 5.91 Å². The molecule has 3 rings (SSSR count). The number of nitrogens with zero attached hydrogens (tertiary/aromatic N) is 3. The van der Waals surface area contributed by atoms with E-state index in [0.29, 0.717) is 27.9 Å². The lowest BCUT2D eigenvalue weighted by Gasteiger charge is -2.40. The first-order valence-electron chi connectivity index (χ1n) is 11.8. The summed E-state index contributed by atoms with van der Waals surface area (Å²) < 4.78 is 5.21. The number of carbonyl (C=O) groups is 2. The van der Waals surface area contributed by atoms with Crippen LogP contribution in [0.2, 0.25) is 5.02 Å². The van der Waals surface area contributed by atoms with Crippen molar-refractivity contribution in [3.05, 3.63) is 39.0 Å². The summed E-state index contributed by atoms with van der Waals surface area (Å²) in [5.74, 6) is -0.405. The second kappa shape index (κ2) is 12.2. The summed E-state index contributed by atoms with van der Waals surface area (Å²) in [6.45, 7) is 10.4. The SMILES string of the molecule is CCN(c1cc(Cl)cc(C(=O)NCC2=C(Cl)N=C(C)CC2=O)c1C)C1CCN(CCOC)CC1. The summed E-state index contributed by atoms with van der Waals surface area (Å²) >= 11 is 12.6. The summed E-state index contributed by atoms with van der Waals surface area (Å²) in [5.41, 5.74) is 3.34. The summed E-state index contributed by atoms with van der Waals surface area (Å²) in [6.07, 6.45) is 2.30. The van der Waals surface area contributed by atoms with E-state index < -0.39 is 0 Å². The molecular formula is C25H34Cl2N4O3. The number of benzene rings is 1. The number of carbonyl (C=O) groups excluding carboxylic acids is 2. The van der Waals surface area contributed by atoms with Crippen molar-refractivity contribution >= 4 is 46.3 Å². The number of likely N-dealkylation sites (tertiary alicyclic amines) is 1. The number of halogens is 2. The van der Waals surface area contributed by atoms with Gasteiger partial charge in [0.2, 0.25) is 0 Å². The van der Waals surface area contributed by atoms with Gasteiger partial charge >= 0.3 is 0 Å². The van der Waals surface area contributed by atoms with Gasteiger partial charge in [-0.15, -0.1) is 0 Å². The van der Waals surface area contributed by atoms with Crippen molar-refractivity contribution < 1.29 is 14.3 Å². The van der Waals surface area contributed by atoms with Crippen LogP contribution in [0, 0.1) is 6.92 Å². The third-order valence-electron chi connectivity index (χ3n) is 6.57. The van der Waals surface area contributed by atoms with Gasteiger partial charge in [-0.05, 0) is 51.3 Å². The molecule has 2 aliphatic rings. The van der Waals surface area contributed by atoms with E-state index in [0.717, 1.165) is 56.9 Å². The van der Waals surface area contributed by atoms with Crippen LogP contribution in [0.25, 0.3) is 0 Å². The number of aliphatic imine (C=N–C) groups is 1. The quantitative estimate of drug-likeness (QED) is 0.506. The molecule has 1 amide bonds. The van der Waals surface area contributed by atoms with E-state index in [2.05, 4.69) is 27.0 Å². The Bertz CT molecular complexity index is 985. The zero-order valence-corrected chi connectivity index (χ0v) is 21.9. The van der Waals surface area contributed by atoms with Gasteiger partial charge < -0.3 is 19.9 Å². The summed E-state index contributed by atoms with van der Waals surface area (Å²) in [4.78, 5) is 34.4. The highest BCUT2D eigenvalue weighted by atomic mass is 35.5. The molecular weight excluding hydrogens is 475 g/mol. The fraction of sp³-hybridized carbons (Fsp3) is 0.560. The van der Waals surface area contributed by atoms with Gasteiger partial charge in [-0.3, -0.25) is 9.59 Å². The Labute approximate surface area is 212 Å². The maximum absolute atomic E-state index is 13.1. The maximum Gasteiger partial charge on any atom is 0.251 e. The number of methoxy groups -OCH3 is 1. The molecule has 9 heteroatoms. The van der Waals surface area contributed by atoms with Crippen molar-refractivity contribution in [2.45, 2.75) is 46.1 Å². The average Bonchev–Trinajstić information content (AvgIpc) is 2.80. The fourth-order valence-corrected chi connectivity index (χ4v) is 5.19. The van der Waals surface area contributed by atoms with Crippen molar-refractivity contribution in [3.8, 4) is 0 Å². The fourth-order valence-electron chi connectivity index (χ4n) is 4.66. The highest BCUT2D eigenvalue weighted by molar-refractivity contribution is 6.34. The molecule has 1 aromatic rings. The molecule has 2 aliphatic heterocycles. The van der Waals surface area contributed by atoms with Crippen molar-refractivity contribution in [2.75, 3.05) is 51.3 Å². The largest absolute Gasteiger partial charge is 0.383 e. The van der Waals surface area contributed by atoms with Crippen LogP contribution >= 0.6 is 23.2 Å². The Balaban J connectivity index is 1.75. The molecule has 2 heterocycles. The van der Waals surface area contributed by atoms with E-state index >= 15 is 0 Å². The summed E-state index contributed by atoms with van der Waals surface area (Å²) in [5, 5.41) is 3.49. The van der Waals surface area contributed by atoms with E-state index in [1.54, 1.807) is 20.1 Å². The third-order valence-corrected chi connectivity index (χ3v) is 7.10. The second-order valence-electron chi connectivity index (χ2n) is 8.85. The lowest BCUT2D eigenvalue weighted by atomic mass is 9.99. The van der Waals surface area contributed by atoms with Crippen LogP contribution in [0.4, 0.5) is 5.69 Å². The molecule has 1 saturated heterocycles. The number of amides is 1. The van der Waals surface area contributed by atoms with Gasteiger partial charge in [-0.2, -0.15) is 0 Å². The van der Waals surface area contributed by atoms with Gasteiger partial charge in [-0.25, -0.2) is 4.99 Å². The normalized spacial score (nSPS) is 17.7. The number of hydrogen-bond acceptors (Lipinski definition) is 6. The topological polar surface area (TPSA) is 74.2 Å². The minimum atomic E-state index is -0.289. The molecule has 0 aliphatic carbocycles. The lowest BCUT2D eigenvalue weighted by molar-refractivity contribution is -0.114. The number of hydrogen-bond donors (Lipinski definition) is 1. The number of piperidine rings is 1. The average molecular weight is 509 g/mol. The zero-order valence-electron chi connectivity index (χ0n) is 20.4. The van der Waals surface area contributed by atoms with E-state index in [9.17, 15) is 9.59 Å². The summed E-state index contributed by atoms with van der Waals surface area (Å²) in [6, 6.07) is 4.00. The molecule has 0 saturated carbocycles. The maximum atomic E-state index is 13.1. The van der Waals surface area contributed by atoms with Gasteiger partial charge in [0.15, 0.2) is 5.78 Å². The predicted octanol–water partition coefficient (Wildman–Crippen LogP) is 4.20. The first-order valence-corrected chi connectivity index (χ1v) is 12.5. The molecule has 1 fully saturated rings. The number of rotatable bonds is 9. The van der Waals surface area contributed by atoms with Gasteiger partial charge in [0.1, 0.15) is 5.16 Å². The minimum absolute atomic E-state index is 0.0337. The molecule has 7 nitrogen and oxygen atoms in total. The van der Waals surface area contributed by atoms with Crippen LogP contribution in [0.15, 0.2) is 27.9 Å². The van der Waals surface area contributed by atoms with Gasteiger partial charge in [0.05, 0.1) is 12.2 Å². The molecule has 1 N–H and O–H groups in total. The minimum Gasteiger partial charge on any atom is -0.383 e. The molecule has 0 spiro atoms. The Morgan fingerprint density at radius 3 is 2.59 bits per heavy atom. The number of ether oxygens (including phenoxy) is 1. The molecule has 0 aromatic heterocycles. The van der Waals surface area contributed by atoms with Crippen LogP contribution in [0.1, 0.15) is 49.0 Å². The molecule has 0 unspecified atom stereocenters. The van der Waals surface area contributed by atoms with Crippen LogP contribution < -0.4 is 10.2 Å². The summed E-state index contributed by atoms with van der Waals surface area (Å²) in [7, 11) is 1.73. The number of ketones is 1. The van der Waals surface area contributed by atoms with Crippen LogP contribution in [-0.2, 0) is 9.53 Å². The van der Waals surface area contributed by atoms with Crippen molar-refractivity contribution in [2.24, 2.45) is 4.99 Å². The Morgan fingerprint density at radius 1 is 1.26 bits per heavy atom. The van der Waals surface area contributed by atoms with E-state index in [1.165, 1.54) is 0 Å². The highest BCUT2D eigenvalue weighted by Gasteiger charge is 2.27. The Hall–Kier alpha value is -1.93. The van der Waals surface area contributed by atoms with Crippen LogP contribution in [0.5, 0.6) is 0 Å². The van der Waals surface area contributed by atoms with E-state index in [1.807, 2.05) is 13.0 Å². The van der Waals surface area contributed by atoms with Crippen molar-refractivity contribution in [1.29, 1.82) is 0 Å². The molecule has 0 atom stereocenters. The van der Waals surface area contributed by atoms with Crippen LogP contribution in [0.3, 0.4) is 0 Å². The molecule has 34 heavy (non-hydrogen) atoms.